The standard InChI is InChI=1S/C32H29ClN4O5S/c1-3-26(36-43(41,42)22-13-9-10-20(2)16-22)32(40)34-27-18-30(38)28(17-25(27)33)35-31(39)24-19-37(21-11-5-4-6-12-21)29-15-8-7-14-23(24)29/h4-19,26,36,38H,3H2,1-2H3,(H,34,40)(H,35,39). The molecule has 4 aromatic carbocycles. The number of anilines is 2. The number of nitrogens with one attached hydrogen (secondary N) is 3. The Bertz CT molecular complexity index is 1940. The number of rotatable bonds is 9. The maximum atomic E-state index is 13.4. The molecule has 43 heavy (non-hydrogen) atoms. The summed E-state index contributed by atoms with van der Waals surface area (Å²) in [7, 11) is -3.97. The van der Waals surface area contributed by atoms with Crippen molar-refractivity contribution in [2.24, 2.45) is 0 Å². The van der Waals surface area contributed by atoms with E-state index < -0.39 is 27.9 Å². The molecule has 9 nitrogen and oxygen atoms in total. The van der Waals surface area contributed by atoms with Crippen molar-refractivity contribution in [3.8, 4) is 11.4 Å². The van der Waals surface area contributed by atoms with E-state index in [1.807, 2.05) is 59.2 Å². The minimum Gasteiger partial charge on any atom is -0.506 e. The van der Waals surface area contributed by atoms with Crippen LogP contribution in [-0.2, 0) is 14.8 Å². The first kappa shape index (κ1) is 29.8. The number of aryl methyl sites for hydroxylation is 1. The van der Waals surface area contributed by atoms with Gasteiger partial charge < -0.3 is 20.3 Å². The Hall–Kier alpha value is -4.64. The molecule has 1 atom stereocenters. The molecule has 5 rings (SSSR count). The number of fused-ring (bicyclic) bond motifs is 1. The van der Waals surface area contributed by atoms with Gasteiger partial charge in [0.25, 0.3) is 5.91 Å². The van der Waals surface area contributed by atoms with Crippen molar-refractivity contribution < 1.29 is 23.1 Å². The van der Waals surface area contributed by atoms with E-state index in [2.05, 4.69) is 15.4 Å². The van der Waals surface area contributed by atoms with Crippen LogP contribution < -0.4 is 15.4 Å². The summed E-state index contributed by atoms with van der Waals surface area (Å²) < 4.78 is 30.1. The summed E-state index contributed by atoms with van der Waals surface area (Å²) in [6.07, 6.45) is 1.89. The van der Waals surface area contributed by atoms with Crippen LogP contribution in [0, 0.1) is 6.92 Å². The van der Waals surface area contributed by atoms with Gasteiger partial charge in [0.05, 0.1) is 32.4 Å². The second-order valence-electron chi connectivity index (χ2n) is 9.96. The molecule has 0 aliphatic heterocycles. The molecule has 1 heterocycles. The maximum absolute atomic E-state index is 13.4. The Kier molecular flexibility index (Phi) is 8.54. The minimum absolute atomic E-state index is 0.0320. The van der Waals surface area contributed by atoms with Gasteiger partial charge in [0.1, 0.15) is 11.8 Å². The summed E-state index contributed by atoms with van der Waals surface area (Å²) >= 11 is 6.43. The molecule has 0 aliphatic rings. The zero-order valence-electron chi connectivity index (χ0n) is 23.3. The number of carbonyl (C=O) groups is 2. The van der Waals surface area contributed by atoms with E-state index in [4.69, 9.17) is 11.6 Å². The van der Waals surface area contributed by atoms with Crippen LogP contribution in [0.5, 0.6) is 5.75 Å². The van der Waals surface area contributed by atoms with Crippen molar-refractivity contribution in [3.63, 3.8) is 0 Å². The van der Waals surface area contributed by atoms with Gasteiger partial charge in [-0.2, -0.15) is 4.72 Å². The lowest BCUT2D eigenvalue weighted by Gasteiger charge is -2.18. The third-order valence-electron chi connectivity index (χ3n) is 6.90. The van der Waals surface area contributed by atoms with Gasteiger partial charge in [-0.1, -0.05) is 67.1 Å². The topological polar surface area (TPSA) is 130 Å². The molecule has 4 N–H and O–H groups in total. The number of carbonyl (C=O) groups excluding carboxylic acids is 2. The van der Waals surface area contributed by atoms with Crippen LogP contribution in [0.2, 0.25) is 5.02 Å². The van der Waals surface area contributed by atoms with E-state index in [1.54, 1.807) is 32.2 Å². The number of halogens is 1. The molecule has 0 saturated heterocycles. The first-order valence-corrected chi connectivity index (χ1v) is 15.3. The first-order valence-electron chi connectivity index (χ1n) is 13.5. The minimum atomic E-state index is -3.97. The highest BCUT2D eigenvalue weighted by Crippen LogP contribution is 2.35. The molecule has 0 spiro atoms. The Balaban J connectivity index is 1.34. The van der Waals surface area contributed by atoms with Gasteiger partial charge >= 0.3 is 0 Å². The second kappa shape index (κ2) is 12.3. The third-order valence-corrected chi connectivity index (χ3v) is 8.69. The van der Waals surface area contributed by atoms with Crippen LogP contribution in [0.1, 0.15) is 29.3 Å². The van der Waals surface area contributed by atoms with Crippen LogP contribution in [-0.4, -0.2) is 35.9 Å². The molecule has 1 aromatic heterocycles. The smallest absolute Gasteiger partial charge is 0.257 e. The molecule has 0 fully saturated rings. The largest absolute Gasteiger partial charge is 0.506 e. The number of phenols is 1. The van der Waals surface area contributed by atoms with Crippen LogP contribution in [0.15, 0.2) is 102 Å². The highest BCUT2D eigenvalue weighted by atomic mass is 35.5. The van der Waals surface area contributed by atoms with Gasteiger partial charge in [-0.05, 0) is 55.3 Å². The van der Waals surface area contributed by atoms with E-state index in [-0.39, 0.29) is 33.5 Å². The third kappa shape index (κ3) is 6.41. The van der Waals surface area contributed by atoms with Crippen molar-refractivity contribution in [2.45, 2.75) is 31.2 Å². The van der Waals surface area contributed by atoms with Crippen LogP contribution in [0.3, 0.4) is 0 Å². The number of hydrogen-bond donors (Lipinski definition) is 4. The average molecular weight is 617 g/mol. The predicted octanol–water partition coefficient (Wildman–Crippen LogP) is 6.25. The number of aromatic hydroxyl groups is 1. The fourth-order valence-electron chi connectivity index (χ4n) is 4.69. The number of aromatic nitrogens is 1. The molecule has 0 bridgehead atoms. The summed E-state index contributed by atoms with van der Waals surface area (Å²) in [6, 6.07) is 24.8. The molecule has 5 aromatic rings. The molecule has 1 unspecified atom stereocenters. The van der Waals surface area contributed by atoms with E-state index in [9.17, 15) is 23.1 Å². The van der Waals surface area contributed by atoms with E-state index >= 15 is 0 Å². The molecule has 220 valence electrons. The van der Waals surface area contributed by atoms with Gasteiger partial charge in [0, 0.05) is 23.3 Å². The summed E-state index contributed by atoms with van der Waals surface area (Å²) in [4.78, 5) is 26.5. The van der Waals surface area contributed by atoms with Crippen molar-refractivity contribution in [1.82, 2.24) is 9.29 Å². The second-order valence-corrected chi connectivity index (χ2v) is 12.1. The number of phenolic OH excluding ortho intramolecular Hbond substituents is 1. The van der Waals surface area contributed by atoms with E-state index in [1.165, 1.54) is 24.3 Å². The zero-order chi connectivity index (χ0) is 30.7. The quantitative estimate of drug-likeness (QED) is 0.146. The van der Waals surface area contributed by atoms with Crippen molar-refractivity contribution in [2.75, 3.05) is 10.6 Å². The number of amides is 2. The maximum Gasteiger partial charge on any atom is 0.257 e. The first-order chi connectivity index (χ1) is 20.6. The molecule has 0 saturated carbocycles. The number of hydrogen-bond acceptors (Lipinski definition) is 5. The SMILES string of the molecule is CCC(NS(=O)(=O)c1cccc(C)c1)C(=O)Nc1cc(O)c(NC(=O)c2cn(-c3ccccc3)c3ccccc23)cc1Cl. The lowest BCUT2D eigenvalue weighted by molar-refractivity contribution is -0.117. The summed E-state index contributed by atoms with van der Waals surface area (Å²) in [5.74, 6) is -1.47. The van der Waals surface area contributed by atoms with Crippen molar-refractivity contribution >= 4 is 55.7 Å². The van der Waals surface area contributed by atoms with Crippen molar-refractivity contribution in [1.29, 1.82) is 0 Å². The van der Waals surface area contributed by atoms with E-state index in [0.29, 0.717) is 5.56 Å². The lowest BCUT2D eigenvalue weighted by Crippen LogP contribution is -2.43. The Labute approximate surface area is 254 Å². The monoisotopic (exact) mass is 616 g/mol. The predicted molar refractivity (Wildman–Crippen MR) is 169 cm³/mol. The summed E-state index contributed by atoms with van der Waals surface area (Å²) in [5.41, 5.74) is 2.96. The summed E-state index contributed by atoms with van der Waals surface area (Å²) in [5, 5.41) is 16.8. The molecule has 0 aliphatic carbocycles. The van der Waals surface area contributed by atoms with Crippen LogP contribution in [0.4, 0.5) is 11.4 Å². The van der Waals surface area contributed by atoms with Crippen molar-refractivity contribution in [3.05, 3.63) is 113 Å². The number of sulfonamides is 1. The van der Waals surface area contributed by atoms with Crippen LogP contribution in [0.25, 0.3) is 16.6 Å². The number of nitrogens with zero attached hydrogens (tertiary/aromatic N) is 1. The van der Waals surface area contributed by atoms with Gasteiger partial charge in [-0.15, -0.1) is 0 Å². The number of para-hydroxylation sites is 2. The Morgan fingerprint density at radius 2 is 1.63 bits per heavy atom. The average Bonchev–Trinajstić information content (AvgIpc) is 3.39. The Morgan fingerprint density at radius 3 is 2.35 bits per heavy atom. The highest BCUT2D eigenvalue weighted by Gasteiger charge is 2.26. The molecule has 0 radical (unpaired) electrons. The Morgan fingerprint density at radius 1 is 0.907 bits per heavy atom. The lowest BCUT2D eigenvalue weighted by atomic mass is 10.1. The van der Waals surface area contributed by atoms with Gasteiger partial charge in [-0.3, -0.25) is 9.59 Å². The fourth-order valence-corrected chi connectivity index (χ4v) is 6.28. The molecule has 11 heteroatoms. The van der Waals surface area contributed by atoms with E-state index in [0.717, 1.165) is 22.2 Å². The number of benzene rings is 4. The molecule has 2 amide bonds. The molecular formula is C32H29ClN4O5S. The van der Waals surface area contributed by atoms with Crippen LogP contribution >= 0.6 is 11.6 Å². The normalized spacial score (nSPS) is 12.2. The summed E-state index contributed by atoms with van der Waals surface area (Å²) in [6.45, 7) is 3.43. The highest BCUT2D eigenvalue weighted by molar-refractivity contribution is 7.89. The van der Waals surface area contributed by atoms with Gasteiger partial charge in [0.15, 0.2) is 0 Å². The molecular weight excluding hydrogens is 588 g/mol. The fraction of sp³-hybridized carbons (Fsp3) is 0.125. The zero-order valence-corrected chi connectivity index (χ0v) is 24.9. The van der Waals surface area contributed by atoms with Gasteiger partial charge in [-0.25, -0.2) is 8.42 Å². The van der Waals surface area contributed by atoms with Gasteiger partial charge in [0.2, 0.25) is 15.9 Å².